The minimum absolute atomic E-state index is 0.0882. The number of likely N-dealkylation sites (tertiary alicyclic amines) is 1. The molecular weight excluding hydrogens is 284 g/mol. The molecule has 0 aliphatic carbocycles. The SMILES string of the molecule is CC(=O)SC1CC(=O)N(CCc2cc3ccccc3[nH]2)C1. The monoisotopic (exact) mass is 302 g/mol. The molecule has 0 radical (unpaired) electrons. The van der Waals surface area contributed by atoms with Gasteiger partial charge in [0.1, 0.15) is 0 Å². The molecule has 110 valence electrons. The largest absolute Gasteiger partial charge is 0.358 e. The number of rotatable bonds is 4. The lowest BCUT2D eigenvalue weighted by molar-refractivity contribution is -0.127. The van der Waals surface area contributed by atoms with E-state index in [2.05, 4.69) is 23.2 Å². The van der Waals surface area contributed by atoms with Crippen LogP contribution in [0, 0.1) is 0 Å². The van der Waals surface area contributed by atoms with E-state index >= 15 is 0 Å². The summed E-state index contributed by atoms with van der Waals surface area (Å²) in [5, 5.41) is 1.41. The summed E-state index contributed by atoms with van der Waals surface area (Å²) in [7, 11) is 0. The smallest absolute Gasteiger partial charge is 0.223 e. The number of amides is 1. The molecular formula is C16H18N2O2S. The van der Waals surface area contributed by atoms with Gasteiger partial charge in [0.05, 0.1) is 0 Å². The Bertz CT molecular complexity index is 647. The van der Waals surface area contributed by atoms with E-state index in [1.54, 1.807) is 6.92 Å². The Morgan fingerprint density at radius 1 is 1.43 bits per heavy atom. The van der Waals surface area contributed by atoms with Gasteiger partial charge in [0, 0.05) is 49.3 Å². The summed E-state index contributed by atoms with van der Waals surface area (Å²) in [5.41, 5.74) is 2.27. The van der Waals surface area contributed by atoms with Gasteiger partial charge in [-0.3, -0.25) is 9.59 Å². The standard InChI is InChI=1S/C16H18N2O2S/c1-11(19)21-14-9-16(20)18(10-14)7-6-13-8-12-4-2-3-5-15(12)17-13/h2-5,8,14,17H,6-7,9-10H2,1H3. The average molecular weight is 302 g/mol. The first kappa shape index (κ1) is 14.2. The van der Waals surface area contributed by atoms with Gasteiger partial charge in [-0.1, -0.05) is 30.0 Å². The van der Waals surface area contributed by atoms with Gasteiger partial charge in [-0.05, 0) is 17.5 Å². The molecule has 4 nitrogen and oxygen atoms in total. The number of nitrogens with one attached hydrogen (secondary N) is 1. The van der Waals surface area contributed by atoms with Crippen LogP contribution in [0.3, 0.4) is 0 Å². The van der Waals surface area contributed by atoms with Gasteiger partial charge in [-0.15, -0.1) is 0 Å². The normalized spacial score (nSPS) is 18.6. The number of H-pyrrole nitrogens is 1. The molecule has 5 heteroatoms. The highest BCUT2D eigenvalue weighted by Crippen LogP contribution is 2.24. The predicted molar refractivity (Wildman–Crippen MR) is 85.3 cm³/mol. The van der Waals surface area contributed by atoms with Crippen molar-refractivity contribution in [3.8, 4) is 0 Å². The predicted octanol–water partition coefficient (Wildman–Crippen LogP) is 2.59. The third-order valence-electron chi connectivity index (χ3n) is 3.75. The van der Waals surface area contributed by atoms with Crippen LogP contribution >= 0.6 is 11.8 Å². The number of hydrogen-bond donors (Lipinski definition) is 1. The lowest BCUT2D eigenvalue weighted by Crippen LogP contribution is -2.28. The van der Waals surface area contributed by atoms with Gasteiger partial charge < -0.3 is 9.88 Å². The highest BCUT2D eigenvalue weighted by Gasteiger charge is 2.30. The molecule has 1 aromatic heterocycles. The number of benzene rings is 1. The van der Waals surface area contributed by atoms with Crippen LogP contribution in [0.4, 0.5) is 0 Å². The van der Waals surface area contributed by atoms with Gasteiger partial charge in [0.25, 0.3) is 0 Å². The van der Waals surface area contributed by atoms with E-state index in [1.165, 1.54) is 17.1 Å². The molecule has 2 heterocycles. The molecule has 1 aliphatic rings. The molecule has 21 heavy (non-hydrogen) atoms. The minimum atomic E-state index is 0.0882. The lowest BCUT2D eigenvalue weighted by Gasteiger charge is -2.15. The highest BCUT2D eigenvalue weighted by atomic mass is 32.2. The second-order valence-electron chi connectivity index (χ2n) is 5.41. The molecule has 1 fully saturated rings. The quantitative estimate of drug-likeness (QED) is 0.944. The molecule has 1 aliphatic heterocycles. The first-order chi connectivity index (χ1) is 10.1. The van der Waals surface area contributed by atoms with Gasteiger partial charge >= 0.3 is 0 Å². The summed E-state index contributed by atoms with van der Waals surface area (Å²) in [4.78, 5) is 28.3. The Balaban J connectivity index is 1.59. The Labute approximate surface area is 127 Å². The number of carbonyl (C=O) groups is 2. The summed E-state index contributed by atoms with van der Waals surface area (Å²) in [6, 6.07) is 10.3. The fourth-order valence-corrected chi connectivity index (χ4v) is 3.74. The lowest BCUT2D eigenvalue weighted by atomic mass is 10.2. The molecule has 1 saturated heterocycles. The van der Waals surface area contributed by atoms with Gasteiger partial charge in [-0.2, -0.15) is 0 Å². The van der Waals surface area contributed by atoms with E-state index in [0.717, 1.165) is 17.6 Å². The zero-order valence-electron chi connectivity index (χ0n) is 12.0. The fraction of sp³-hybridized carbons (Fsp3) is 0.375. The molecule has 1 N–H and O–H groups in total. The maximum Gasteiger partial charge on any atom is 0.223 e. The van der Waals surface area contributed by atoms with Crippen molar-refractivity contribution in [2.24, 2.45) is 0 Å². The summed E-state index contributed by atoms with van der Waals surface area (Å²) in [6.07, 6.45) is 1.30. The Morgan fingerprint density at radius 2 is 2.24 bits per heavy atom. The zero-order chi connectivity index (χ0) is 14.8. The van der Waals surface area contributed by atoms with Crippen molar-refractivity contribution < 1.29 is 9.59 Å². The number of thioether (sulfide) groups is 1. The van der Waals surface area contributed by atoms with E-state index in [4.69, 9.17) is 0 Å². The summed E-state index contributed by atoms with van der Waals surface area (Å²) < 4.78 is 0. The molecule has 1 atom stereocenters. The molecule has 1 aromatic carbocycles. The molecule has 0 saturated carbocycles. The van der Waals surface area contributed by atoms with Crippen molar-refractivity contribution in [3.63, 3.8) is 0 Å². The van der Waals surface area contributed by atoms with Gasteiger partial charge in [0.2, 0.25) is 5.91 Å². The van der Waals surface area contributed by atoms with Crippen LogP contribution in [0.15, 0.2) is 30.3 Å². The van der Waals surface area contributed by atoms with E-state index in [-0.39, 0.29) is 16.3 Å². The number of aromatic amines is 1. The van der Waals surface area contributed by atoms with Gasteiger partial charge in [-0.25, -0.2) is 0 Å². The molecule has 1 unspecified atom stereocenters. The Hall–Kier alpha value is -1.75. The van der Waals surface area contributed by atoms with Crippen molar-refractivity contribution in [1.29, 1.82) is 0 Å². The maximum absolute atomic E-state index is 12.0. The molecule has 2 aromatic rings. The number of para-hydroxylation sites is 1. The Morgan fingerprint density at radius 3 is 3.00 bits per heavy atom. The number of fused-ring (bicyclic) bond motifs is 1. The van der Waals surface area contributed by atoms with Crippen molar-refractivity contribution in [1.82, 2.24) is 9.88 Å². The van der Waals surface area contributed by atoms with E-state index < -0.39 is 0 Å². The van der Waals surface area contributed by atoms with Crippen LogP contribution in [-0.2, 0) is 16.0 Å². The van der Waals surface area contributed by atoms with Crippen LogP contribution in [0.5, 0.6) is 0 Å². The van der Waals surface area contributed by atoms with Crippen molar-refractivity contribution in [2.75, 3.05) is 13.1 Å². The second-order valence-corrected chi connectivity index (χ2v) is 6.88. The number of aromatic nitrogens is 1. The number of hydrogen-bond acceptors (Lipinski definition) is 3. The topological polar surface area (TPSA) is 53.2 Å². The van der Waals surface area contributed by atoms with Gasteiger partial charge in [0.15, 0.2) is 5.12 Å². The summed E-state index contributed by atoms with van der Waals surface area (Å²) in [5.74, 6) is 0.157. The highest BCUT2D eigenvalue weighted by molar-refractivity contribution is 8.14. The molecule has 0 spiro atoms. The third kappa shape index (κ3) is 3.29. The molecule has 0 bridgehead atoms. The Kier molecular flexibility index (Phi) is 4.01. The van der Waals surface area contributed by atoms with Crippen LogP contribution < -0.4 is 0 Å². The first-order valence-electron chi connectivity index (χ1n) is 7.13. The van der Waals surface area contributed by atoms with E-state index in [1.807, 2.05) is 17.0 Å². The van der Waals surface area contributed by atoms with Crippen LogP contribution in [0.25, 0.3) is 10.9 Å². The van der Waals surface area contributed by atoms with Crippen LogP contribution in [0.1, 0.15) is 19.0 Å². The third-order valence-corrected chi connectivity index (χ3v) is 4.73. The van der Waals surface area contributed by atoms with E-state index in [9.17, 15) is 9.59 Å². The number of carbonyl (C=O) groups excluding carboxylic acids is 2. The molecule has 3 rings (SSSR count). The van der Waals surface area contributed by atoms with Crippen LogP contribution in [0.2, 0.25) is 0 Å². The fourth-order valence-electron chi connectivity index (χ4n) is 2.79. The minimum Gasteiger partial charge on any atom is -0.358 e. The summed E-state index contributed by atoms with van der Waals surface area (Å²) >= 11 is 1.29. The van der Waals surface area contributed by atoms with Crippen molar-refractivity contribution in [3.05, 3.63) is 36.0 Å². The summed E-state index contributed by atoms with van der Waals surface area (Å²) in [6.45, 7) is 2.95. The number of nitrogens with zero attached hydrogens (tertiary/aromatic N) is 1. The van der Waals surface area contributed by atoms with Crippen LogP contribution in [-0.4, -0.2) is 39.2 Å². The first-order valence-corrected chi connectivity index (χ1v) is 8.01. The second kappa shape index (κ2) is 5.93. The average Bonchev–Trinajstić information content (AvgIpc) is 2.98. The molecule has 1 amide bonds. The van der Waals surface area contributed by atoms with Crippen molar-refractivity contribution >= 4 is 33.7 Å². The maximum atomic E-state index is 12.0. The van der Waals surface area contributed by atoms with E-state index in [0.29, 0.717) is 19.5 Å². The van der Waals surface area contributed by atoms with Crippen molar-refractivity contribution in [2.45, 2.75) is 25.0 Å². The zero-order valence-corrected chi connectivity index (χ0v) is 12.8.